The van der Waals surface area contributed by atoms with Gasteiger partial charge in [0.1, 0.15) is 10.6 Å². The van der Waals surface area contributed by atoms with E-state index >= 15 is 0 Å². The molecule has 1 aliphatic rings. The minimum atomic E-state index is -3.84. The summed E-state index contributed by atoms with van der Waals surface area (Å²) in [5.74, 6) is -0.716. The number of piperazine rings is 1. The van der Waals surface area contributed by atoms with Crippen LogP contribution in [0.1, 0.15) is 37.2 Å². The summed E-state index contributed by atoms with van der Waals surface area (Å²) in [5, 5.41) is 0. The molecule has 0 aromatic carbocycles. The second-order valence-corrected chi connectivity index (χ2v) is 10.6. The highest BCUT2D eigenvalue weighted by Gasteiger charge is 2.36. The molecule has 0 saturated carbocycles. The number of hydrogen-bond acceptors (Lipinski definition) is 5. The van der Waals surface area contributed by atoms with E-state index in [0.29, 0.717) is 25.9 Å². The number of aryl methyl sites for hydroxylation is 1. The van der Waals surface area contributed by atoms with E-state index in [2.05, 4.69) is 0 Å². The third-order valence-corrected chi connectivity index (χ3v) is 8.57. The highest BCUT2D eigenvalue weighted by molar-refractivity contribution is 7.89. The van der Waals surface area contributed by atoms with Crippen LogP contribution < -0.4 is 5.73 Å². The first-order chi connectivity index (χ1) is 13.1. The van der Waals surface area contributed by atoms with Crippen molar-refractivity contribution in [2.24, 2.45) is 12.8 Å². The maximum Gasteiger partial charge on any atom is 0.282 e. The van der Waals surface area contributed by atoms with Gasteiger partial charge in [-0.3, -0.25) is 4.79 Å². The van der Waals surface area contributed by atoms with Crippen molar-refractivity contribution in [3.8, 4) is 0 Å². The van der Waals surface area contributed by atoms with Crippen LogP contribution in [0.5, 0.6) is 0 Å². The van der Waals surface area contributed by atoms with Crippen LogP contribution in [0.4, 0.5) is 0 Å². The van der Waals surface area contributed by atoms with Crippen LogP contribution in [0.3, 0.4) is 0 Å². The topological polar surface area (TPSA) is 126 Å². The number of nitrogens with two attached hydrogens (primary N) is 1. The van der Waals surface area contributed by atoms with Gasteiger partial charge in [-0.15, -0.1) is 0 Å². The van der Waals surface area contributed by atoms with Gasteiger partial charge < -0.3 is 10.3 Å². The van der Waals surface area contributed by atoms with E-state index < -0.39 is 26.1 Å². The third kappa shape index (κ3) is 4.57. The van der Waals surface area contributed by atoms with Gasteiger partial charge in [0.05, 0.1) is 0 Å². The van der Waals surface area contributed by atoms with Gasteiger partial charge in [-0.05, 0) is 18.9 Å². The van der Waals surface area contributed by atoms with Crippen molar-refractivity contribution < 1.29 is 21.6 Å². The van der Waals surface area contributed by atoms with Crippen molar-refractivity contribution in [3.63, 3.8) is 0 Å². The largest absolute Gasteiger partial charge is 0.364 e. The fraction of sp³-hybridized carbons (Fsp3) is 0.688. The number of sulfonamides is 1. The number of aromatic nitrogens is 1. The van der Waals surface area contributed by atoms with Gasteiger partial charge in [-0.25, -0.2) is 8.42 Å². The fourth-order valence-electron chi connectivity index (χ4n) is 3.21. The van der Waals surface area contributed by atoms with Gasteiger partial charge in [0.2, 0.25) is 10.0 Å². The van der Waals surface area contributed by atoms with E-state index in [-0.39, 0.29) is 36.8 Å². The van der Waals surface area contributed by atoms with Crippen molar-refractivity contribution in [1.82, 2.24) is 17.5 Å². The molecule has 0 atom stereocenters. The summed E-state index contributed by atoms with van der Waals surface area (Å²) in [5.41, 5.74) is 5.34. The molecule has 1 aromatic heterocycles. The number of primary amides is 1. The molecule has 0 aliphatic carbocycles. The monoisotopic (exact) mass is 435 g/mol. The van der Waals surface area contributed by atoms with E-state index in [4.69, 9.17) is 5.73 Å². The predicted octanol–water partition coefficient (Wildman–Crippen LogP) is -0.203. The molecule has 2 rings (SSSR count). The number of carbonyl (C=O) groups is 1. The van der Waals surface area contributed by atoms with E-state index in [1.807, 2.05) is 13.8 Å². The summed E-state index contributed by atoms with van der Waals surface area (Å²) < 4.78 is 56.8. The van der Waals surface area contributed by atoms with Crippen LogP contribution in [-0.4, -0.2) is 79.5 Å². The molecule has 0 spiro atoms. The second-order valence-electron chi connectivity index (χ2n) is 6.75. The third-order valence-electron chi connectivity index (χ3n) is 4.67. The number of hydrogen-bond donors (Lipinski definition) is 1. The van der Waals surface area contributed by atoms with Crippen molar-refractivity contribution in [1.29, 1.82) is 0 Å². The van der Waals surface area contributed by atoms with Crippen LogP contribution >= 0.6 is 0 Å². The van der Waals surface area contributed by atoms with Crippen molar-refractivity contribution in [2.45, 2.75) is 31.6 Å². The SMILES string of the molecule is CCCN(CCC)S(=O)(=O)N1CCN(S(=O)(=O)c2cc(C(N)=O)n(C)c2)CC1. The lowest BCUT2D eigenvalue weighted by Gasteiger charge is -2.36. The smallest absolute Gasteiger partial charge is 0.282 e. The summed E-state index contributed by atoms with van der Waals surface area (Å²) >= 11 is 0. The Morgan fingerprint density at radius 1 is 1.04 bits per heavy atom. The molecule has 1 saturated heterocycles. The molecular formula is C16H29N5O5S2. The Labute approximate surface area is 167 Å². The second kappa shape index (κ2) is 8.91. The summed E-state index contributed by atoms with van der Waals surface area (Å²) in [6, 6.07) is 1.24. The number of nitrogens with zero attached hydrogens (tertiary/aromatic N) is 4. The van der Waals surface area contributed by atoms with Gasteiger partial charge in [0, 0.05) is 52.5 Å². The summed E-state index contributed by atoms with van der Waals surface area (Å²) in [6.45, 7) is 4.99. The molecule has 160 valence electrons. The van der Waals surface area contributed by atoms with Crippen molar-refractivity contribution >= 4 is 26.1 Å². The highest BCUT2D eigenvalue weighted by atomic mass is 32.2. The van der Waals surface area contributed by atoms with E-state index in [9.17, 15) is 21.6 Å². The van der Waals surface area contributed by atoms with Crippen LogP contribution in [-0.2, 0) is 27.3 Å². The molecule has 0 bridgehead atoms. The van der Waals surface area contributed by atoms with Crippen LogP contribution in [0.2, 0.25) is 0 Å². The molecule has 0 radical (unpaired) electrons. The molecule has 1 amide bonds. The van der Waals surface area contributed by atoms with Gasteiger partial charge in [0.15, 0.2) is 0 Å². The Balaban J connectivity index is 2.14. The standard InChI is InChI=1S/C16H29N5O5S2/c1-4-6-20(7-5-2)28(25,26)21-10-8-19(9-11-21)27(23,24)14-12-15(16(17)22)18(3)13-14/h12-13H,4-11H2,1-3H3,(H2,17,22). The maximum absolute atomic E-state index is 12.9. The quantitative estimate of drug-likeness (QED) is 0.575. The highest BCUT2D eigenvalue weighted by Crippen LogP contribution is 2.21. The Hall–Kier alpha value is -1.47. The van der Waals surface area contributed by atoms with Crippen LogP contribution in [0.15, 0.2) is 17.2 Å². The maximum atomic E-state index is 12.9. The summed E-state index contributed by atoms with van der Waals surface area (Å²) in [7, 11) is -5.91. The van der Waals surface area contributed by atoms with Gasteiger partial charge >= 0.3 is 0 Å². The molecule has 2 heterocycles. The lowest BCUT2D eigenvalue weighted by Crippen LogP contribution is -2.54. The molecular weight excluding hydrogens is 406 g/mol. The molecule has 28 heavy (non-hydrogen) atoms. The first kappa shape index (κ1) is 22.8. The zero-order valence-electron chi connectivity index (χ0n) is 16.5. The molecule has 0 unspecified atom stereocenters. The Bertz CT molecular complexity index is 896. The molecule has 1 aliphatic heterocycles. The molecule has 10 nitrogen and oxygen atoms in total. The predicted molar refractivity (Wildman–Crippen MR) is 105 cm³/mol. The minimum Gasteiger partial charge on any atom is -0.364 e. The Morgan fingerprint density at radius 2 is 1.54 bits per heavy atom. The first-order valence-electron chi connectivity index (χ1n) is 9.27. The van der Waals surface area contributed by atoms with E-state index in [1.54, 1.807) is 7.05 Å². The lowest BCUT2D eigenvalue weighted by atomic mass is 10.4. The average Bonchev–Trinajstić information content (AvgIpc) is 3.04. The Morgan fingerprint density at radius 3 is 1.96 bits per heavy atom. The summed E-state index contributed by atoms with van der Waals surface area (Å²) in [4.78, 5) is 11.3. The van der Waals surface area contributed by atoms with Gasteiger partial charge in [-0.2, -0.15) is 21.3 Å². The number of amides is 1. The van der Waals surface area contributed by atoms with Crippen LogP contribution in [0.25, 0.3) is 0 Å². The summed E-state index contributed by atoms with van der Waals surface area (Å²) in [6.07, 6.45) is 2.76. The molecule has 1 aromatic rings. The Kier molecular flexibility index (Phi) is 7.26. The molecule has 1 fully saturated rings. The zero-order valence-corrected chi connectivity index (χ0v) is 18.2. The fourth-order valence-corrected chi connectivity index (χ4v) is 6.49. The first-order valence-corrected chi connectivity index (χ1v) is 12.1. The number of rotatable bonds is 9. The van der Waals surface area contributed by atoms with E-state index in [0.717, 1.165) is 0 Å². The molecule has 2 N–H and O–H groups in total. The number of carbonyl (C=O) groups excluding carboxylic acids is 1. The van der Waals surface area contributed by atoms with Crippen LogP contribution in [0, 0.1) is 0 Å². The zero-order chi connectivity index (χ0) is 21.1. The van der Waals surface area contributed by atoms with E-state index in [1.165, 1.54) is 29.7 Å². The normalized spacial score (nSPS) is 17.3. The molecule has 12 heteroatoms. The minimum absolute atomic E-state index is 0.0290. The van der Waals surface area contributed by atoms with Crippen molar-refractivity contribution in [3.05, 3.63) is 18.0 Å². The average molecular weight is 436 g/mol. The van der Waals surface area contributed by atoms with Crippen molar-refractivity contribution in [2.75, 3.05) is 39.3 Å². The lowest BCUT2D eigenvalue weighted by molar-refractivity contribution is 0.0992. The van der Waals surface area contributed by atoms with Gasteiger partial charge in [-0.1, -0.05) is 13.8 Å². The van der Waals surface area contributed by atoms with Gasteiger partial charge in [0.25, 0.3) is 16.1 Å².